The fourth-order valence-corrected chi connectivity index (χ4v) is 2.70. The monoisotopic (exact) mass is 373 g/mol. The molecule has 0 unspecified atom stereocenters. The Balaban J connectivity index is 2.40. The molecule has 1 N–H and O–H groups in total. The first kappa shape index (κ1) is 17.4. The van der Waals surface area contributed by atoms with Crippen LogP contribution < -0.4 is 5.32 Å². The van der Waals surface area contributed by atoms with E-state index in [4.69, 9.17) is 11.6 Å². The van der Waals surface area contributed by atoms with Crippen molar-refractivity contribution in [3.63, 3.8) is 0 Å². The van der Waals surface area contributed by atoms with Crippen LogP contribution >= 0.6 is 11.6 Å². The quantitative estimate of drug-likeness (QED) is 0.545. The number of nitrogens with zero attached hydrogens (tertiary/aromatic N) is 4. The van der Waals surface area contributed by atoms with Crippen LogP contribution in [0, 0.1) is 5.82 Å². The van der Waals surface area contributed by atoms with Gasteiger partial charge in [-0.15, -0.1) is 0 Å². The van der Waals surface area contributed by atoms with Crippen LogP contribution in [-0.4, -0.2) is 25.6 Å². The van der Waals surface area contributed by atoms with Gasteiger partial charge < -0.3 is 5.32 Å². The molecule has 2 aromatic heterocycles. The molecule has 0 bridgehead atoms. The molecule has 0 radical (unpaired) electrons. The lowest BCUT2D eigenvalue weighted by atomic mass is 10.00. The van der Waals surface area contributed by atoms with E-state index in [0.717, 1.165) is 12.1 Å². The van der Waals surface area contributed by atoms with E-state index in [9.17, 15) is 17.6 Å². The van der Waals surface area contributed by atoms with Crippen LogP contribution in [0.25, 0.3) is 16.9 Å². The Labute approximate surface area is 144 Å². The number of anilines is 1. The smallest absolute Gasteiger partial charge is 0.367 e. The van der Waals surface area contributed by atoms with Crippen LogP contribution in [0.4, 0.5) is 23.4 Å². The van der Waals surface area contributed by atoms with E-state index in [2.05, 4.69) is 20.4 Å². The second kappa shape index (κ2) is 6.14. The van der Waals surface area contributed by atoms with E-state index in [-0.39, 0.29) is 28.4 Å². The van der Waals surface area contributed by atoms with Gasteiger partial charge >= 0.3 is 6.18 Å². The molecule has 0 fully saturated rings. The summed E-state index contributed by atoms with van der Waals surface area (Å²) in [7, 11) is 0. The number of alkyl halides is 3. The molecule has 0 amide bonds. The maximum atomic E-state index is 13.7. The van der Waals surface area contributed by atoms with Crippen molar-refractivity contribution in [3.8, 4) is 11.1 Å². The number of hydrogen-bond donors (Lipinski definition) is 1. The highest BCUT2D eigenvalue weighted by molar-refractivity contribution is 6.33. The van der Waals surface area contributed by atoms with Gasteiger partial charge in [0, 0.05) is 11.6 Å². The van der Waals surface area contributed by atoms with E-state index >= 15 is 0 Å². The molecule has 10 heteroatoms. The average Bonchev–Trinajstić information content (AvgIpc) is 2.93. The lowest BCUT2D eigenvalue weighted by molar-refractivity contribution is -0.137. The third-order valence-electron chi connectivity index (χ3n) is 3.36. The number of halogens is 5. The Bertz CT molecular complexity index is 936. The first-order valence-electron chi connectivity index (χ1n) is 7.21. The largest absolute Gasteiger partial charge is 0.417 e. The summed E-state index contributed by atoms with van der Waals surface area (Å²) in [6.45, 7) is 3.58. The molecule has 0 aliphatic rings. The molecule has 0 aliphatic carbocycles. The van der Waals surface area contributed by atoms with Crippen LogP contribution in [0.1, 0.15) is 19.4 Å². The molecule has 0 aliphatic heterocycles. The summed E-state index contributed by atoms with van der Waals surface area (Å²) in [4.78, 5) is 7.85. The minimum atomic E-state index is -4.70. The van der Waals surface area contributed by atoms with E-state index in [1.165, 1.54) is 10.8 Å². The first-order valence-corrected chi connectivity index (χ1v) is 7.59. The zero-order chi connectivity index (χ0) is 18.4. The summed E-state index contributed by atoms with van der Waals surface area (Å²) in [6.07, 6.45) is -3.50. The summed E-state index contributed by atoms with van der Waals surface area (Å²) in [5, 5.41) is 6.71. The molecular weight excluding hydrogens is 362 g/mol. The molecular formula is C15H12ClF4N5. The Kier molecular flexibility index (Phi) is 4.28. The first-order chi connectivity index (χ1) is 11.7. The van der Waals surface area contributed by atoms with Crippen molar-refractivity contribution >= 4 is 23.2 Å². The molecule has 1 aromatic carbocycles. The summed E-state index contributed by atoms with van der Waals surface area (Å²) in [5.41, 5.74) is -1.55. The molecule has 25 heavy (non-hydrogen) atoms. The second-order valence-electron chi connectivity index (χ2n) is 5.58. The molecule has 0 saturated heterocycles. The molecule has 0 atom stereocenters. The second-order valence-corrected chi connectivity index (χ2v) is 5.94. The molecule has 3 rings (SSSR count). The maximum Gasteiger partial charge on any atom is 0.417 e. The predicted octanol–water partition coefficient (Wildman–Crippen LogP) is 4.42. The summed E-state index contributed by atoms with van der Waals surface area (Å²) < 4.78 is 55.2. The van der Waals surface area contributed by atoms with Crippen molar-refractivity contribution in [1.82, 2.24) is 19.6 Å². The van der Waals surface area contributed by atoms with E-state index in [1.807, 2.05) is 0 Å². The number of aromatic nitrogens is 4. The van der Waals surface area contributed by atoms with Gasteiger partial charge in [-0.2, -0.15) is 32.8 Å². The van der Waals surface area contributed by atoms with Crippen LogP contribution in [0.15, 0.2) is 24.5 Å². The fourth-order valence-electron chi connectivity index (χ4n) is 2.43. The minimum absolute atomic E-state index is 0.0970. The van der Waals surface area contributed by atoms with E-state index in [1.54, 1.807) is 13.8 Å². The SMILES string of the molecule is CC(C)Nc1c(-c2cc(F)ccc2C(F)(F)F)c(Cl)nc2ncnn12. The highest BCUT2D eigenvalue weighted by Crippen LogP contribution is 2.42. The van der Waals surface area contributed by atoms with E-state index < -0.39 is 23.1 Å². The molecule has 3 aromatic rings. The average molecular weight is 374 g/mol. The Morgan fingerprint density at radius 1 is 1.24 bits per heavy atom. The number of fused-ring (bicyclic) bond motifs is 1. The van der Waals surface area contributed by atoms with Crippen molar-refractivity contribution < 1.29 is 17.6 Å². The lowest BCUT2D eigenvalue weighted by Gasteiger charge is -2.19. The van der Waals surface area contributed by atoms with Gasteiger partial charge in [0.05, 0.1) is 11.1 Å². The summed E-state index contributed by atoms with van der Waals surface area (Å²) in [5.74, 6) is -0.561. The van der Waals surface area contributed by atoms with Gasteiger partial charge in [-0.05, 0) is 32.0 Å². The van der Waals surface area contributed by atoms with Gasteiger partial charge in [-0.25, -0.2) is 4.39 Å². The third kappa shape index (κ3) is 3.23. The Hall–Kier alpha value is -2.42. The zero-order valence-corrected chi connectivity index (χ0v) is 13.8. The molecule has 132 valence electrons. The molecule has 0 saturated carbocycles. The van der Waals surface area contributed by atoms with Gasteiger partial charge in [0.2, 0.25) is 0 Å². The van der Waals surface area contributed by atoms with Gasteiger partial charge in [-0.1, -0.05) is 11.6 Å². The lowest BCUT2D eigenvalue weighted by Crippen LogP contribution is -2.16. The number of rotatable bonds is 3. The van der Waals surface area contributed by atoms with Crippen LogP contribution in [0.2, 0.25) is 5.15 Å². The topological polar surface area (TPSA) is 55.1 Å². The number of hydrogen-bond acceptors (Lipinski definition) is 4. The third-order valence-corrected chi connectivity index (χ3v) is 3.64. The summed E-state index contributed by atoms with van der Waals surface area (Å²) >= 11 is 6.14. The number of benzene rings is 1. The van der Waals surface area contributed by atoms with Gasteiger partial charge in [0.15, 0.2) is 0 Å². The van der Waals surface area contributed by atoms with Gasteiger partial charge in [0.1, 0.15) is 23.1 Å². The predicted molar refractivity (Wildman–Crippen MR) is 84.9 cm³/mol. The van der Waals surface area contributed by atoms with Crippen molar-refractivity contribution in [1.29, 1.82) is 0 Å². The number of nitrogens with one attached hydrogen (secondary N) is 1. The Morgan fingerprint density at radius 3 is 2.60 bits per heavy atom. The standard InChI is InChI=1S/C15H12ClF4N5/c1-7(2)23-13-11(12(16)24-14-21-6-22-25(13)14)9-5-8(17)3-4-10(9)15(18,19)20/h3-7,23H,1-2H3. The van der Waals surface area contributed by atoms with Gasteiger partial charge in [0.25, 0.3) is 5.78 Å². The molecule has 5 nitrogen and oxygen atoms in total. The zero-order valence-electron chi connectivity index (χ0n) is 13.1. The van der Waals surface area contributed by atoms with Crippen LogP contribution in [0.5, 0.6) is 0 Å². The van der Waals surface area contributed by atoms with Crippen molar-refractivity contribution in [2.45, 2.75) is 26.1 Å². The van der Waals surface area contributed by atoms with Crippen LogP contribution in [0.3, 0.4) is 0 Å². The highest BCUT2D eigenvalue weighted by Gasteiger charge is 2.35. The van der Waals surface area contributed by atoms with Crippen LogP contribution in [-0.2, 0) is 6.18 Å². The van der Waals surface area contributed by atoms with Crippen molar-refractivity contribution in [2.24, 2.45) is 0 Å². The molecule has 0 spiro atoms. The highest BCUT2D eigenvalue weighted by atomic mass is 35.5. The Morgan fingerprint density at radius 2 is 1.96 bits per heavy atom. The van der Waals surface area contributed by atoms with E-state index in [0.29, 0.717) is 6.07 Å². The molecule has 2 heterocycles. The van der Waals surface area contributed by atoms with Crippen molar-refractivity contribution in [3.05, 3.63) is 41.1 Å². The normalized spacial score (nSPS) is 12.2. The van der Waals surface area contributed by atoms with Gasteiger partial charge in [-0.3, -0.25) is 0 Å². The maximum absolute atomic E-state index is 13.7. The summed E-state index contributed by atoms with van der Waals surface area (Å²) in [6, 6.07) is 2.04. The minimum Gasteiger partial charge on any atom is -0.367 e. The fraction of sp³-hybridized carbons (Fsp3) is 0.267. The van der Waals surface area contributed by atoms with Crippen molar-refractivity contribution in [2.75, 3.05) is 5.32 Å².